The molecule has 0 bridgehead atoms. The van der Waals surface area contributed by atoms with Gasteiger partial charge < -0.3 is 10.1 Å². The zero-order valence-corrected chi connectivity index (χ0v) is 16.2. The molecule has 10 heteroatoms. The Balaban J connectivity index is 1.58. The van der Waals surface area contributed by atoms with Crippen LogP contribution in [0.15, 0.2) is 58.4 Å². The van der Waals surface area contributed by atoms with E-state index in [1.54, 1.807) is 37.3 Å². The number of sulfonamides is 1. The number of carbonyl (C=O) groups excluding carboxylic acids is 1. The number of carbonyl (C=O) groups is 1. The predicted octanol–water partition coefficient (Wildman–Crippen LogP) is 2.59. The Labute approximate surface area is 166 Å². The smallest absolute Gasteiger partial charge is 0.387 e. The molecule has 1 unspecified atom stereocenters. The largest absolute Gasteiger partial charge is 0.435 e. The molecule has 1 atom stereocenters. The van der Waals surface area contributed by atoms with Crippen LogP contribution in [0.25, 0.3) is 0 Å². The Kier molecular flexibility index (Phi) is 6.12. The van der Waals surface area contributed by atoms with Gasteiger partial charge >= 0.3 is 6.61 Å². The molecule has 1 aliphatic rings. The maximum Gasteiger partial charge on any atom is 0.387 e. The van der Waals surface area contributed by atoms with Crippen LogP contribution in [0.5, 0.6) is 5.75 Å². The van der Waals surface area contributed by atoms with Crippen LogP contribution in [0.3, 0.4) is 0 Å². The van der Waals surface area contributed by atoms with Gasteiger partial charge in [0, 0.05) is 12.0 Å². The number of aliphatic imine (C=N–C) groups is 1. The van der Waals surface area contributed by atoms with Crippen molar-refractivity contribution in [1.82, 2.24) is 10.0 Å². The number of halogens is 2. The van der Waals surface area contributed by atoms with E-state index in [-0.39, 0.29) is 35.4 Å². The van der Waals surface area contributed by atoms with E-state index in [0.717, 1.165) is 0 Å². The first kappa shape index (κ1) is 20.7. The lowest BCUT2D eigenvalue weighted by Gasteiger charge is -2.15. The van der Waals surface area contributed by atoms with E-state index in [1.165, 1.54) is 18.2 Å². The summed E-state index contributed by atoms with van der Waals surface area (Å²) in [5.41, 5.74) is 1.08. The van der Waals surface area contributed by atoms with E-state index in [9.17, 15) is 22.0 Å². The fourth-order valence-corrected chi connectivity index (χ4v) is 4.13. The number of rotatable bonds is 7. The highest BCUT2D eigenvalue weighted by atomic mass is 32.2. The summed E-state index contributed by atoms with van der Waals surface area (Å²) in [6.07, 6.45) is 0.0327. The third-order valence-corrected chi connectivity index (χ3v) is 5.63. The molecule has 1 aliphatic heterocycles. The van der Waals surface area contributed by atoms with Gasteiger partial charge in [0.1, 0.15) is 11.6 Å². The van der Waals surface area contributed by atoms with Crippen LogP contribution in [-0.2, 0) is 14.8 Å². The number of alkyl halides is 2. The van der Waals surface area contributed by atoms with Gasteiger partial charge in [0.05, 0.1) is 17.5 Å². The maximum absolute atomic E-state index is 12.3. The van der Waals surface area contributed by atoms with Crippen molar-refractivity contribution in [1.29, 1.82) is 0 Å². The summed E-state index contributed by atoms with van der Waals surface area (Å²) >= 11 is 0. The van der Waals surface area contributed by atoms with Gasteiger partial charge in [-0.3, -0.25) is 14.5 Å². The first-order chi connectivity index (χ1) is 13.8. The van der Waals surface area contributed by atoms with E-state index < -0.39 is 22.7 Å². The van der Waals surface area contributed by atoms with Gasteiger partial charge in [0.25, 0.3) is 10.0 Å². The molecular weight excluding hydrogens is 404 g/mol. The van der Waals surface area contributed by atoms with Crippen LogP contribution in [0.4, 0.5) is 8.78 Å². The molecule has 0 aromatic heterocycles. The van der Waals surface area contributed by atoms with Crippen LogP contribution in [0.1, 0.15) is 30.5 Å². The highest BCUT2D eigenvalue weighted by Crippen LogP contribution is 2.22. The number of amidine groups is 1. The lowest BCUT2D eigenvalue weighted by molar-refractivity contribution is -0.121. The molecule has 0 saturated carbocycles. The van der Waals surface area contributed by atoms with E-state index in [1.807, 2.05) is 0 Å². The molecule has 2 N–H and O–H groups in total. The van der Waals surface area contributed by atoms with E-state index in [4.69, 9.17) is 0 Å². The SMILES string of the molecule is CC(NC(=O)CCN=C1NS(=O)(=O)c2ccccc21)c1cccc(OC(F)F)c1. The van der Waals surface area contributed by atoms with Crippen molar-refractivity contribution < 1.29 is 26.7 Å². The normalized spacial score (nSPS) is 16.9. The highest BCUT2D eigenvalue weighted by molar-refractivity contribution is 7.90. The quantitative estimate of drug-likeness (QED) is 0.715. The second kappa shape index (κ2) is 8.56. The Morgan fingerprint density at radius 2 is 1.97 bits per heavy atom. The minimum Gasteiger partial charge on any atom is -0.435 e. The molecule has 0 saturated heterocycles. The molecule has 7 nitrogen and oxygen atoms in total. The number of amides is 1. The number of nitrogens with one attached hydrogen (secondary N) is 2. The molecule has 154 valence electrons. The summed E-state index contributed by atoms with van der Waals surface area (Å²) in [7, 11) is -3.62. The fraction of sp³-hybridized carbons (Fsp3) is 0.263. The van der Waals surface area contributed by atoms with Crippen molar-refractivity contribution in [2.24, 2.45) is 4.99 Å². The van der Waals surface area contributed by atoms with E-state index in [0.29, 0.717) is 11.1 Å². The second-order valence-electron chi connectivity index (χ2n) is 6.32. The number of ether oxygens (including phenoxy) is 1. The Bertz CT molecular complexity index is 1040. The van der Waals surface area contributed by atoms with Crippen molar-refractivity contribution in [3.8, 4) is 5.75 Å². The minimum atomic E-state index is -3.62. The molecule has 0 aliphatic carbocycles. The zero-order chi connectivity index (χ0) is 21.0. The van der Waals surface area contributed by atoms with Crippen LogP contribution >= 0.6 is 0 Å². The van der Waals surface area contributed by atoms with Gasteiger partial charge in [-0.25, -0.2) is 8.42 Å². The molecule has 0 spiro atoms. The minimum absolute atomic E-state index is 0.0113. The number of nitrogens with zero attached hydrogens (tertiary/aromatic N) is 1. The van der Waals surface area contributed by atoms with Crippen molar-refractivity contribution in [3.05, 3.63) is 59.7 Å². The first-order valence-corrected chi connectivity index (χ1v) is 10.3. The van der Waals surface area contributed by atoms with Gasteiger partial charge in [0.15, 0.2) is 0 Å². The molecule has 3 rings (SSSR count). The maximum atomic E-state index is 12.3. The number of hydrogen-bond acceptors (Lipinski definition) is 5. The van der Waals surface area contributed by atoms with Gasteiger partial charge in [-0.15, -0.1) is 0 Å². The molecular formula is C19H19F2N3O4S. The summed E-state index contributed by atoms with van der Waals surface area (Å²) in [6.45, 7) is -1.13. The molecule has 2 aromatic carbocycles. The van der Waals surface area contributed by atoms with Crippen molar-refractivity contribution in [2.45, 2.75) is 30.9 Å². The van der Waals surface area contributed by atoms with Gasteiger partial charge in [0.2, 0.25) is 5.91 Å². The third-order valence-electron chi connectivity index (χ3n) is 4.23. The van der Waals surface area contributed by atoms with E-state index >= 15 is 0 Å². The molecule has 29 heavy (non-hydrogen) atoms. The molecule has 0 radical (unpaired) electrons. The van der Waals surface area contributed by atoms with Crippen LogP contribution in [-0.4, -0.2) is 33.3 Å². The number of fused-ring (bicyclic) bond motifs is 1. The molecule has 2 aromatic rings. The van der Waals surface area contributed by atoms with Gasteiger partial charge in [-0.1, -0.05) is 24.3 Å². The zero-order valence-electron chi connectivity index (χ0n) is 15.4. The van der Waals surface area contributed by atoms with Gasteiger partial charge in [-0.2, -0.15) is 8.78 Å². The molecule has 0 fully saturated rings. The average molecular weight is 423 g/mol. The fourth-order valence-electron chi connectivity index (χ4n) is 2.88. The molecule has 1 amide bonds. The summed E-state index contributed by atoms with van der Waals surface area (Å²) in [6, 6.07) is 12.1. The van der Waals surface area contributed by atoms with Crippen LogP contribution in [0, 0.1) is 0 Å². The topological polar surface area (TPSA) is 96.9 Å². The highest BCUT2D eigenvalue weighted by Gasteiger charge is 2.29. The summed E-state index contributed by atoms with van der Waals surface area (Å²) in [5.74, 6) is -0.0911. The van der Waals surface area contributed by atoms with E-state index in [2.05, 4.69) is 19.8 Å². The monoisotopic (exact) mass is 423 g/mol. The molecule has 1 heterocycles. The summed E-state index contributed by atoms with van der Waals surface area (Å²) in [4.78, 5) is 16.5. The number of benzene rings is 2. The Hall–Kier alpha value is -3.01. The predicted molar refractivity (Wildman–Crippen MR) is 102 cm³/mol. The first-order valence-electron chi connectivity index (χ1n) is 8.77. The summed E-state index contributed by atoms with van der Waals surface area (Å²) in [5, 5.41) is 2.75. The average Bonchev–Trinajstić information content (AvgIpc) is 2.92. The lowest BCUT2D eigenvalue weighted by Crippen LogP contribution is -2.27. The standard InChI is InChI=1S/C19H19F2N3O4S/c1-12(13-5-4-6-14(11-13)28-19(20)21)23-17(25)9-10-22-18-15-7-2-3-8-16(15)29(26,27)24-18/h2-8,11-12,19H,9-10H2,1H3,(H,22,24)(H,23,25). The Morgan fingerprint density at radius 1 is 1.21 bits per heavy atom. The van der Waals surface area contributed by atoms with Crippen molar-refractivity contribution in [2.75, 3.05) is 6.54 Å². The summed E-state index contributed by atoms with van der Waals surface area (Å²) < 4.78 is 55.4. The van der Waals surface area contributed by atoms with Crippen LogP contribution < -0.4 is 14.8 Å². The Morgan fingerprint density at radius 3 is 2.72 bits per heavy atom. The second-order valence-corrected chi connectivity index (χ2v) is 7.97. The van der Waals surface area contributed by atoms with Crippen molar-refractivity contribution in [3.63, 3.8) is 0 Å². The van der Waals surface area contributed by atoms with Gasteiger partial charge in [-0.05, 0) is 36.8 Å². The number of hydrogen-bond donors (Lipinski definition) is 2. The van der Waals surface area contributed by atoms with Crippen molar-refractivity contribution >= 4 is 21.8 Å². The van der Waals surface area contributed by atoms with Crippen LogP contribution in [0.2, 0.25) is 0 Å². The lowest BCUT2D eigenvalue weighted by atomic mass is 10.1. The third kappa shape index (κ3) is 5.08.